The van der Waals surface area contributed by atoms with Gasteiger partial charge in [-0.1, -0.05) is 13.8 Å². The summed E-state index contributed by atoms with van der Waals surface area (Å²) in [4.78, 5) is 23.2. The van der Waals surface area contributed by atoms with Crippen molar-refractivity contribution >= 4 is 23.7 Å². The zero-order valence-electron chi connectivity index (χ0n) is 11.2. The largest absolute Gasteiger partial charge is 0.338 e. The predicted molar refractivity (Wildman–Crippen MR) is 73.5 cm³/mol. The van der Waals surface area contributed by atoms with Crippen LogP contribution in [0.4, 0.5) is 13.6 Å². The van der Waals surface area contributed by atoms with Gasteiger partial charge in [0.2, 0.25) is 5.91 Å². The van der Waals surface area contributed by atoms with Crippen molar-refractivity contribution < 1.29 is 18.4 Å². The molecule has 2 N–H and O–H groups in total. The van der Waals surface area contributed by atoms with E-state index in [-0.39, 0.29) is 11.7 Å². The van der Waals surface area contributed by atoms with Gasteiger partial charge in [-0.05, 0) is 24.1 Å². The van der Waals surface area contributed by atoms with Gasteiger partial charge in [-0.3, -0.25) is 10.1 Å². The molecule has 0 saturated heterocycles. The Kier molecular flexibility index (Phi) is 6.44. The molecule has 20 heavy (non-hydrogen) atoms. The van der Waals surface area contributed by atoms with E-state index in [4.69, 9.17) is 0 Å². The molecule has 0 aliphatic heterocycles. The van der Waals surface area contributed by atoms with Crippen LogP contribution in [0.15, 0.2) is 23.1 Å². The Morgan fingerprint density at radius 1 is 1.25 bits per heavy atom. The molecule has 0 saturated carbocycles. The van der Waals surface area contributed by atoms with Gasteiger partial charge in [0.15, 0.2) is 11.6 Å². The van der Waals surface area contributed by atoms with E-state index in [0.717, 1.165) is 23.9 Å². The number of carbonyl (C=O) groups is 2. The van der Waals surface area contributed by atoms with Crippen molar-refractivity contribution in [3.63, 3.8) is 0 Å². The fraction of sp³-hybridized carbons (Fsp3) is 0.385. The lowest BCUT2D eigenvalue weighted by atomic mass is 10.2. The molecule has 0 atom stereocenters. The molecule has 0 aliphatic rings. The highest BCUT2D eigenvalue weighted by atomic mass is 32.2. The van der Waals surface area contributed by atoms with Gasteiger partial charge in [0.25, 0.3) is 0 Å². The molecule has 1 aromatic carbocycles. The van der Waals surface area contributed by atoms with Crippen LogP contribution in [0.25, 0.3) is 0 Å². The summed E-state index contributed by atoms with van der Waals surface area (Å²) < 4.78 is 25.6. The first-order chi connectivity index (χ1) is 9.38. The lowest BCUT2D eigenvalue weighted by Gasteiger charge is -2.08. The maximum Gasteiger partial charge on any atom is 0.321 e. The Morgan fingerprint density at radius 2 is 1.95 bits per heavy atom. The minimum atomic E-state index is -0.968. The summed E-state index contributed by atoms with van der Waals surface area (Å²) in [6.07, 6.45) is 0. The number of rotatable bonds is 5. The number of benzene rings is 1. The summed E-state index contributed by atoms with van der Waals surface area (Å²) in [5.74, 6) is -2.18. The number of halogens is 2. The van der Waals surface area contributed by atoms with E-state index < -0.39 is 23.6 Å². The van der Waals surface area contributed by atoms with Crippen molar-refractivity contribution in [3.05, 3.63) is 29.8 Å². The third-order valence-corrected chi connectivity index (χ3v) is 3.18. The van der Waals surface area contributed by atoms with Crippen LogP contribution in [0.1, 0.15) is 13.8 Å². The normalized spacial score (nSPS) is 10.4. The van der Waals surface area contributed by atoms with Crippen LogP contribution >= 0.6 is 11.8 Å². The third-order valence-electron chi connectivity index (χ3n) is 2.18. The average molecular weight is 302 g/mol. The molecule has 0 unspecified atom stereocenters. The van der Waals surface area contributed by atoms with E-state index >= 15 is 0 Å². The molecule has 3 amide bonds. The highest BCUT2D eigenvalue weighted by Crippen LogP contribution is 2.19. The number of amides is 3. The van der Waals surface area contributed by atoms with Crippen LogP contribution in [0.2, 0.25) is 0 Å². The molecule has 1 rings (SSSR count). The van der Waals surface area contributed by atoms with E-state index in [1.807, 2.05) is 13.8 Å². The van der Waals surface area contributed by atoms with Crippen LogP contribution in [-0.4, -0.2) is 24.2 Å². The first-order valence-corrected chi connectivity index (χ1v) is 7.02. The van der Waals surface area contributed by atoms with Crippen molar-refractivity contribution in [3.8, 4) is 0 Å². The Morgan fingerprint density at radius 3 is 2.55 bits per heavy atom. The van der Waals surface area contributed by atoms with E-state index in [0.29, 0.717) is 11.4 Å². The minimum absolute atomic E-state index is 0.0554. The molecule has 0 radical (unpaired) electrons. The standard InChI is InChI=1S/C13H16F2N2O2S/c1-8(2)6-16-13(19)17-12(18)7-20-9-3-4-10(14)11(15)5-9/h3-5,8H,6-7H2,1-2H3,(H2,16,17,18,19). The molecule has 0 bridgehead atoms. The average Bonchev–Trinajstić information content (AvgIpc) is 2.38. The smallest absolute Gasteiger partial charge is 0.321 e. The van der Waals surface area contributed by atoms with Crippen LogP contribution in [0.3, 0.4) is 0 Å². The number of carbonyl (C=O) groups excluding carboxylic acids is 2. The fourth-order valence-corrected chi connectivity index (χ4v) is 1.94. The molecule has 0 aromatic heterocycles. The Hall–Kier alpha value is -1.63. The van der Waals surface area contributed by atoms with Crippen LogP contribution in [-0.2, 0) is 4.79 Å². The van der Waals surface area contributed by atoms with E-state index in [1.54, 1.807) is 0 Å². The second kappa shape index (κ2) is 7.84. The number of hydrogen-bond donors (Lipinski definition) is 2. The van der Waals surface area contributed by atoms with E-state index in [9.17, 15) is 18.4 Å². The second-order valence-corrected chi connectivity index (χ2v) is 5.57. The van der Waals surface area contributed by atoms with Crippen molar-refractivity contribution in [2.24, 2.45) is 5.92 Å². The summed E-state index contributed by atoms with van der Waals surface area (Å²) in [6, 6.07) is 2.81. The van der Waals surface area contributed by atoms with Gasteiger partial charge in [0.1, 0.15) is 0 Å². The summed E-state index contributed by atoms with van der Waals surface area (Å²) in [7, 11) is 0. The second-order valence-electron chi connectivity index (χ2n) is 4.52. The number of urea groups is 1. The number of imide groups is 1. The molecule has 0 heterocycles. The molecule has 0 fully saturated rings. The molecule has 110 valence electrons. The Labute approximate surface area is 120 Å². The first kappa shape index (κ1) is 16.4. The van der Waals surface area contributed by atoms with Gasteiger partial charge in [-0.25, -0.2) is 13.6 Å². The lowest BCUT2D eigenvalue weighted by Crippen LogP contribution is -2.41. The monoisotopic (exact) mass is 302 g/mol. The summed E-state index contributed by atoms with van der Waals surface area (Å²) in [5, 5.41) is 4.69. The first-order valence-electron chi connectivity index (χ1n) is 6.04. The maximum absolute atomic E-state index is 12.9. The van der Waals surface area contributed by atoms with E-state index in [1.165, 1.54) is 6.07 Å². The van der Waals surface area contributed by atoms with Crippen molar-refractivity contribution in [1.82, 2.24) is 10.6 Å². The minimum Gasteiger partial charge on any atom is -0.338 e. The maximum atomic E-state index is 12.9. The van der Waals surface area contributed by atoms with Crippen LogP contribution < -0.4 is 10.6 Å². The van der Waals surface area contributed by atoms with Crippen LogP contribution in [0.5, 0.6) is 0 Å². The number of nitrogens with one attached hydrogen (secondary N) is 2. The summed E-state index contributed by atoms with van der Waals surface area (Å²) in [5.41, 5.74) is 0. The van der Waals surface area contributed by atoms with Gasteiger partial charge in [0, 0.05) is 11.4 Å². The molecular weight excluding hydrogens is 286 g/mol. The zero-order valence-corrected chi connectivity index (χ0v) is 12.0. The van der Waals surface area contributed by atoms with Crippen molar-refractivity contribution in [2.75, 3.05) is 12.3 Å². The Balaban J connectivity index is 2.35. The molecule has 0 aliphatic carbocycles. The quantitative estimate of drug-likeness (QED) is 0.822. The van der Waals surface area contributed by atoms with Gasteiger partial charge < -0.3 is 5.32 Å². The highest BCUT2D eigenvalue weighted by Gasteiger charge is 2.09. The number of thioether (sulfide) groups is 1. The molecule has 1 aromatic rings. The zero-order chi connectivity index (χ0) is 15.1. The van der Waals surface area contributed by atoms with Gasteiger partial charge in [-0.15, -0.1) is 11.8 Å². The van der Waals surface area contributed by atoms with Gasteiger partial charge in [-0.2, -0.15) is 0 Å². The topological polar surface area (TPSA) is 58.2 Å². The molecule has 0 spiro atoms. The summed E-state index contributed by atoms with van der Waals surface area (Å²) in [6.45, 7) is 4.33. The van der Waals surface area contributed by atoms with Crippen molar-refractivity contribution in [2.45, 2.75) is 18.7 Å². The number of hydrogen-bond acceptors (Lipinski definition) is 3. The summed E-state index contributed by atoms with van der Waals surface area (Å²) >= 11 is 1.02. The van der Waals surface area contributed by atoms with E-state index in [2.05, 4.69) is 10.6 Å². The Bertz CT molecular complexity index is 495. The SMILES string of the molecule is CC(C)CNC(=O)NC(=O)CSc1ccc(F)c(F)c1. The predicted octanol–water partition coefficient (Wildman–Crippen LogP) is 2.54. The highest BCUT2D eigenvalue weighted by molar-refractivity contribution is 8.00. The molecule has 7 heteroatoms. The van der Waals surface area contributed by atoms with Crippen LogP contribution in [0, 0.1) is 17.6 Å². The van der Waals surface area contributed by atoms with Gasteiger partial charge in [0.05, 0.1) is 5.75 Å². The third kappa shape index (κ3) is 6.01. The van der Waals surface area contributed by atoms with Gasteiger partial charge >= 0.3 is 6.03 Å². The van der Waals surface area contributed by atoms with Crippen molar-refractivity contribution in [1.29, 1.82) is 0 Å². The lowest BCUT2D eigenvalue weighted by molar-refractivity contribution is -0.117. The molecule has 4 nitrogen and oxygen atoms in total. The molecular formula is C13H16F2N2O2S. The fourth-order valence-electron chi connectivity index (χ4n) is 1.22.